The Labute approximate surface area is 142 Å². The van der Waals surface area contributed by atoms with Crippen LogP contribution in [0.4, 0.5) is 5.69 Å². The molecule has 2 aliphatic heterocycles. The summed E-state index contributed by atoms with van der Waals surface area (Å²) < 4.78 is 16.5. The first-order chi connectivity index (χ1) is 11.7. The Morgan fingerprint density at radius 3 is 2.79 bits per heavy atom. The van der Waals surface area contributed by atoms with Crippen LogP contribution in [0.25, 0.3) is 0 Å². The van der Waals surface area contributed by atoms with Gasteiger partial charge in [0.05, 0.1) is 30.7 Å². The first-order valence-corrected chi connectivity index (χ1v) is 8.47. The molecule has 3 heterocycles. The molecule has 2 saturated heterocycles. The Balaban J connectivity index is 1.56. The molecule has 2 fully saturated rings. The van der Waals surface area contributed by atoms with E-state index in [0.717, 1.165) is 38.0 Å². The molecule has 0 bridgehead atoms. The number of hydrogen-bond donors (Lipinski definition) is 1. The van der Waals surface area contributed by atoms with Gasteiger partial charge in [0.15, 0.2) is 5.79 Å². The van der Waals surface area contributed by atoms with Gasteiger partial charge in [0.25, 0.3) is 5.91 Å². The fourth-order valence-electron chi connectivity index (χ4n) is 3.14. The van der Waals surface area contributed by atoms with Crippen LogP contribution in [0.1, 0.15) is 29.6 Å². The van der Waals surface area contributed by atoms with Gasteiger partial charge in [-0.1, -0.05) is 0 Å². The third-order valence-corrected chi connectivity index (χ3v) is 4.50. The second-order valence-corrected chi connectivity index (χ2v) is 6.13. The van der Waals surface area contributed by atoms with Crippen molar-refractivity contribution in [3.8, 4) is 0 Å². The van der Waals surface area contributed by atoms with Gasteiger partial charge in [-0.3, -0.25) is 9.78 Å². The molecule has 7 nitrogen and oxygen atoms in total. The molecule has 0 unspecified atom stereocenters. The van der Waals surface area contributed by atoms with Gasteiger partial charge in [-0.25, -0.2) is 0 Å². The molecule has 7 heteroatoms. The van der Waals surface area contributed by atoms with Gasteiger partial charge in [-0.05, 0) is 12.5 Å². The largest absolute Gasteiger partial charge is 0.385 e. The van der Waals surface area contributed by atoms with E-state index in [0.29, 0.717) is 31.9 Å². The molecule has 1 amide bonds. The van der Waals surface area contributed by atoms with E-state index >= 15 is 0 Å². The maximum Gasteiger partial charge on any atom is 0.252 e. The summed E-state index contributed by atoms with van der Waals surface area (Å²) in [6.45, 7) is 4.26. The van der Waals surface area contributed by atoms with Gasteiger partial charge >= 0.3 is 0 Å². The molecule has 1 aromatic heterocycles. The van der Waals surface area contributed by atoms with E-state index in [1.807, 2.05) is 6.07 Å². The summed E-state index contributed by atoms with van der Waals surface area (Å²) >= 11 is 0. The van der Waals surface area contributed by atoms with Crippen molar-refractivity contribution in [2.24, 2.45) is 0 Å². The molecule has 0 saturated carbocycles. The van der Waals surface area contributed by atoms with Crippen molar-refractivity contribution >= 4 is 11.6 Å². The molecule has 1 aromatic rings. The Morgan fingerprint density at radius 2 is 2.08 bits per heavy atom. The molecule has 0 aliphatic carbocycles. The quantitative estimate of drug-likeness (QED) is 0.788. The standard InChI is InChI=1S/C17H25N3O4/c1-22-8-2-5-19-16(21)14-11-15(13-18-12-14)20-6-3-17(4-7-20)23-9-10-24-17/h11-13H,2-10H2,1H3,(H,19,21). The van der Waals surface area contributed by atoms with Gasteiger partial charge < -0.3 is 24.4 Å². The van der Waals surface area contributed by atoms with Crippen molar-refractivity contribution in [1.82, 2.24) is 10.3 Å². The minimum atomic E-state index is -0.389. The number of anilines is 1. The third-order valence-electron chi connectivity index (χ3n) is 4.50. The highest BCUT2D eigenvalue weighted by Gasteiger charge is 2.39. The number of piperidine rings is 1. The maximum absolute atomic E-state index is 12.2. The highest BCUT2D eigenvalue weighted by Crippen LogP contribution is 2.33. The van der Waals surface area contributed by atoms with E-state index < -0.39 is 0 Å². The summed E-state index contributed by atoms with van der Waals surface area (Å²) in [6.07, 6.45) is 5.87. The summed E-state index contributed by atoms with van der Waals surface area (Å²) in [6, 6.07) is 1.90. The predicted octanol–water partition coefficient (Wildman–Crippen LogP) is 1.19. The summed E-state index contributed by atoms with van der Waals surface area (Å²) in [5.41, 5.74) is 1.55. The van der Waals surface area contributed by atoms with Gasteiger partial charge in [-0.15, -0.1) is 0 Å². The zero-order valence-corrected chi connectivity index (χ0v) is 14.1. The van der Waals surface area contributed by atoms with E-state index in [-0.39, 0.29) is 11.7 Å². The number of aromatic nitrogens is 1. The molecule has 132 valence electrons. The molecule has 24 heavy (non-hydrogen) atoms. The van der Waals surface area contributed by atoms with Crippen LogP contribution in [-0.4, -0.2) is 63.2 Å². The van der Waals surface area contributed by atoms with E-state index in [1.165, 1.54) is 0 Å². The summed E-state index contributed by atoms with van der Waals surface area (Å²) in [5, 5.41) is 2.89. The predicted molar refractivity (Wildman–Crippen MR) is 89.1 cm³/mol. The molecule has 0 aromatic carbocycles. The van der Waals surface area contributed by atoms with Crippen LogP contribution in [0.15, 0.2) is 18.5 Å². The number of pyridine rings is 1. The lowest BCUT2D eigenvalue weighted by atomic mass is 10.0. The van der Waals surface area contributed by atoms with Crippen LogP contribution < -0.4 is 10.2 Å². The molecule has 2 aliphatic rings. The number of ether oxygens (including phenoxy) is 3. The van der Waals surface area contributed by atoms with E-state index in [9.17, 15) is 4.79 Å². The second kappa shape index (κ2) is 7.92. The normalized spacial score (nSPS) is 19.6. The second-order valence-electron chi connectivity index (χ2n) is 6.13. The van der Waals surface area contributed by atoms with Crippen molar-refractivity contribution in [2.75, 3.05) is 51.5 Å². The number of nitrogens with zero attached hydrogens (tertiary/aromatic N) is 2. The van der Waals surface area contributed by atoms with Crippen molar-refractivity contribution in [1.29, 1.82) is 0 Å². The first kappa shape index (κ1) is 17.1. The average Bonchev–Trinajstić information content (AvgIpc) is 3.07. The lowest BCUT2D eigenvalue weighted by Crippen LogP contribution is -2.45. The molecule has 1 N–H and O–H groups in total. The number of nitrogens with one attached hydrogen (secondary N) is 1. The van der Waals surface area contributed by atoms with Crippen molar-refractivity contribution < 1.29 is 19.0 Å². The summed E-state index contributed by atoms with van der Waals surface area (Å²) in [5.74, 6) is -0.489. The third kappa shape index (κ3) is 4.03. The molecule has 0 radical (unpaired) electrons. The number of carbonyl (C=O) groups is 1. The smallest absolute Gasteiger partial charge is 0.252 e. The first-order valence-electron chi connectivity index (χ1n) is 8.47. The number of amides is 1. The highest BCUT2D eigenvalue weighted by atomic mass is 16.7. The Kier molecular flexibility index (Phi) is 5.65. The topological polar surface area (TPSA) is 72.9 Å². The summed E-state index contributed by atoms with van der Waals surface area (Å²) in [4.78, 5) is 18.6. The molecule has 3 rings (SSSR count). The monoisotopic (exact) mass is 335 g/mol. The zero-order chi connectivity index (χ0) is 16.8. The molecular formula is C17H25N3O4. The zero-order valence-electron chi connectivity index (χ0n) is 14.1. The average molecular weight is 335 g/mol. The van der Waals surface area contributed by atoms with E-state index in [4.69, 9.17) is 14.2 Å². The SMILES string of the molecule is COCCCNC(=O)c1cncc(N2CCC3(CC2)OCCO3)c1. The van der Waals surface area contributed by atoms with Gasteiger partial charge in [-0.2, -0.15) is 0 Å². The van der Waals surface area contributed by atoms with Crippen molar-refractivity contribution in [2.45, 2.75) is 25.0 Å². The van der Waals surface area contributed by atoms with E-state index in [2.05, 4.69) is 15.2 Å². The molecule has 1 spiro atoms. The number of rotatable bonds is 6. The number of carbonyl (C=O) groups excluding carboxylic acids is 1. The van der Waals surface area contributed by atoms with Gasteiger partial charge in [0.1, 0.15) is 0 Å². The van der Waals surface area contributed by atoms with Crippen LogP contribution in [0.5, 0.6) is 0 Å². The fourth-order valence-corrected chi connectivity index (χ4v) is 3.14. The lowest BCUT2D eigenvalue weighted by molar-refractivity contribution is -0.169. The Bertz CT molecular complexity index is 551. The highest BCUT2D eigenvalue weighted by molar-refractivity contribution is 5.94. The Hall–Kier alpha value is -1.70. The molecular weight excluding hydrogens is 310 g/mol. The van der Waals surface area contributed by atoms with Crippen molar-refractivity contribution in [3.63, 3.8) is 0 Å². The minimum Gasteiger partial charge on any atom is -0.385 e. The van der Waals surface area contributed by atoms with Crippen LogP contribution >= 0.6 is 0 Å². The van der Waals surface area contributed by atoms with Gasteiger partial charge in [0.2, 0.25) is 0 Å². The maximum atomic E-state index is 12.2. The van der Waals surface area contributed by atoms with Crippen molar-refractivity contribution in [3.05, 3.63) is 24.0 Å². The van der Waals surface area contributed by atoms with Crippen LogP contribution in [-0.2, 0) is 14.2 Å². The lowest BCUT2D eigenvalue weighted by Gasteiger charge is -2.38. The fraction of sp³-hybridized carbons (Fsp3) is 0.647. The summed E-state index contributed by atoms with van der Waals surface area (Å²) in [7, 11) is 1.65. The molecule has 0 atom stereocenters. The minimum absolute atomic E-state index is 0.101. The Morgan fingerprint density at radius 1 is 1.33 bits per heavy atom. The van der Waals surface area contributed by atoms with Gasteiger partial charge in [0, 0.05) is 52.4 Å². The number of methoxy groups -OCH3 is 1. The van der Waals surface area contributed by atoms with Crippen LogP contribution in [0.3, 0.4) is 0 Å². The van der Waals surface area contributed by atoms with Crippen LogP contribution in [0.2, 0.25) is 0 Å². The van der Waals surface area contributed by atoms with Crippen LogP contribution in [0, 0.1) is 0 Å². The number of hydrogen-bond acceptors (Lipinski definition) is 6. The van der Waals surface area contributed by atoms with E-state index in [1.54, 1.807) is 19.5 Å².